The van der Waals surface area contributed by atoms with E-state index in [2.05, 4.69) is 0 Å². The largest absolute Gasteiger partial charge is 0.463 e. The van der Waals surface area contributed by atoms with Crippen LogP contribution in [0.4, 0.5) is 11.4 Å². The van der Waals surface area contributed by atoms with Gasteiger partial charge in [-0.3, -0.25) is 20.2 Å². The lowest BCUT2D eigenvalue weighted by atomic mass is 9.98. The van der Waals surface area contributed by atoms with Crippen molar-refractivity contribution >= 4 is 17.3 Å². The maximum absolute atomic E-state index is 11.8. The normalized spacial score (nSPS) is 12.5. The number of esters is 1. The van der Waals surface area contributed by atoms with Crippen LogP contribution in [-0.2, 0) is 9.53 Å². The first-order valence-corrected chi connectivity index (χ1v) is 6.31. The number of aliphatic hydroxyl groups is 1. The predicted octanol–water partition coefficient (Wildman–Crippen LogP) is 2.13. The molecule has 1 N–H and O–H groups in total. The molecule has 0 aliphatic carbocycles. The smallest absolute Gasteiger partial charge is 0.340 e. The first kappa shape index (κ1) is 17.5. The van der Waals surface area contributed by atoms with Gasteiger partial charge in [-0.2, -0.15) is 0 Å². The van der Waals surface area contributed by atoms with E-state index in [1.807, 2.05) is 0 Å². The minimum Gasteiger partial charge on any atom is -0.463 e. The maximum Gasteiger partial charge on any atom is 0.340 e. The fraction of sp³-hybridized carbons (Fsp3) is 0.462. The van der Waals surface area contributed by atoms with Crippen molar-refractivity contribution in [3.8, 4) is 0 Å². The maximum atomic E-state index is 11.8. The summed E-state index contributed by atoms with van der Waals surface area (Å²) in [5, 5.41) is 31.9. The molecule has 0 fully saturated rings. The van der Waals surface area contributed by atoms with E-state index in [4.69, 9.17) is 4.74 Å². The Kier molecular flexibility index (Phi) is 5.15. The van der Waals surface area contributed by atoms with Gasteiger partial charge in [0.2, 0.25) is 0 Å². The number of carbonyl (C=O) groups is 1. The van der Waals surface area contributed by atoms with Gasteiger partial charge in [0.25, 0.3) is 11.4 Å². The average Bonchev–Trinajstić information content (AvgIpc) is 2.42. The molecule has 9 heteroatoms. The van der Waals surface area contributed by atoms with Crippen LogP contribution in [0.2, 0.25) is 0 Å². The second kappa shape index (κ2) is 6.48. The second-order valence-corrected chi connectivity index (χ2v) is 5.80. The molecule has 0 heterocycles. The number of rotatable bonds is 5. The zero-order chi connectivity index (χ0) is 17.1. The van der Waals surface area contributed by atoms with E-state index >= 15 is 0 Å². The molecule has 120 valence electrons. The van der Waals surface area contributed by atoms with E-state index in [0.717, 1.165) is 18.2 Å². The highest BCUT2D eigenvalue weighted by molar-refractivity contribution is 5.80. The highest BCUT2D eigenvalue weighted by Gasteiger charge is 2.35. The van der Waals surface area contributed by atoms with Gasteiger partial charge in [0.1, 0.15) is 5.56 Å². The Hall–Kier alpha value is -2.55. The van der Waals surface area contributed by atoms with Crippen LogP contribution in [-0.4, -0.2) is 27.5 Å². The average molecular weight is 312 g/mol. The summed E-state index contributed by atoms with van der Waals surface area (Å²) < 4.78 is 4.86. The zero-order valence-electron chi connectivity index (χ0n) is 12.3. The molecule has 0 aliphatic heterocycles. The van der Waals surface area contributed by atoms with E-state index in [-0.39, 0.29) is 12.0 Å². The first-order valence-electron chi connectivity index (χ1n) is 6.31. The lowest BCUT2D eigenvalue weighted by Gasteiger charge is -2.19. The molecule has 0 saturated carbocycles. The summed E-state index contributed by atoms with van der Waals surface area (Å²) in [5.74, 6) is -1.17. The molecule has 22 heavy (non-hydrogen) atoms. The Balaban J connectivity index is 3.20. The van der Waals surface area contributed by atoms with Crippen molar-refractivity contribution in [2.75, 3.05) is 6.61 Å². The lowest BCUT2D eigenvalue weighted by Crippen LogP contribution is -2.23. The standard InChI is InChI=1S/C13H16N2O7/c1-13(2,3)7-22-12(17)11(16)10-8(14(18)19)5-4-6-9(10)15(20)21/h4-6,11,16H,7H2,1-3H3/t11-/m1/s1. The molecule has 1 aromatic rings. The van der Waals surface area contributed by atoms with Crippen molar-refractivity contribution in [2.24, 2.45) is 5.41 Å². The van der Waals surface area contributed by atoms with Gasteiger partial charge in [-0.1, -0.05) is 20.8 Å². The van der Waals surface area contributed by atoms with Crippen molar-refractivity contribution in [1.82, 2.24) is 0 Å². The van der Waals surface area contributed by atoms with Gasteiger partial charge in [0.15, 0.2) is 6.10 Å². The number of benzene rings is 1. The van der Waals surface area contributed by atoms with Crippen LogP contribution in [0.5, 0.6) is 0 Å². The third-order valence-corrected chi connectivity index (χ3v) is 2.60. The monoisotopic (exact) mass is 312 g/mol. The Morgan fingerprint density at radius 1 is 1.23 bits per heavy atom. The molecule has 0 saturated heterocycles. The minimum atomic E-state index is -2.11. The molecule has 0 unspecified atom stereocenters. The summed E-state index contributed by atoms with van der Waals surface area (Å²) in [7, 11) is 0. The number of nitrogens with zero attached hydrogens (tertiary/aromatic N) is 2. The molecule has 1 aromatic carbocycles. The van der Waals surface area contributed by atoms with Gasteiger partial charge >= 0.3 is 5.97 Å². The van der Waals surface area contributed by atoms with E-state index in [9.17, 15) is 30.1 Å². The molecule has 1 atom stereocenters. The number of hydrogen-bond donors (Lipinski definition) is 1. The van der Waals surface area contributed by atoms with E-state index in [0.29, 0.717) is 0 Å². The van der Waals surface area contributed by atoms with Crippen molar-refractivity contribution < 1.29 is 24.5 Å². The third-order valence-electron chi connectivity index (χ3n) is 2.60. The number of carbonyl (C=O) groups excluding carboxylic acids is 1. The molecule has 0 bridgehead atoms. The number of aliphatic hydroxyl groups excluding tert-OH is 1. The summed E-state index contributed by atoms with van der Waals surface area (Å²) in [6.45, 7) is 5.29. The van der Waals surface area contributed by atoms with Gasteiger partial charge in [0.05, 0.1) is 16.5 Å². The fourth-order valence-electron chi connectivity index (χ4n) is 1.62. The van der Waals surface area contributed by atoms with Crippen LogP contribution in [0.15, 0.2) is 18.2 Å². The Labute approximate surface area is 125 Å². The summed E-state index contributed by atoms with van der Waals surface area (Å²) in [4.78, 5) is 31.9. The summed E-state index contributed by atoms with van der Waals surface area (Å²) in [6, 6.07) is 3.05. The van der Waals surface area contributed by atoms with Crippen LogP contribution in [0.3, 0.4) is 0 Å². The van der Waals surface area contributed by atoms with Gasteiger partial charge < -0.3 is 9.84 Å². The fourth-order valence-corrected chi connectivity index (χ4v) is 1.62. The summed E-state index contributed by atoms with van der Waals surface area (Å²) in [5.41, 5.74) is -2.50. The quantitative estimate of drug-likeness (QED) is 0.500. The molecule has 0 aliphatic rings. The predicted molar refractivity (Wildman–Crippen MR) is 75.1 cm³/mol. The Morgan fingerprint density at radius 3 is 2.05 bits per heavy atom. The highest BCUT2D eigenvalue weighted by atomic mass is 16.6. The van der Waals surface area contributed by atoms with E-state index < -0.39 is 38.9 Å². The summed E-state index contributed by atoms with van der Waals surface area (Å²) in [6.07, 6.45) is -2.11. The van der Waals surface area contributed by atoms with Crippen LogP contribution >= 0.6 is 0 Å². The van der Waals surface area contributed by atoms with Gasteiger partial charge in [0, 0.05) is 12.1 Å². The molecule has 1 rings (SSSR count). The SMILES string of the molecule is CC(C)(C)COC(=O)[C@H](O)c1c([N+](=O)[O-])cccc1[N+](=O)[O-]. The van der Waals surface area contributed by atoms with Gasteiger partial charge in [-0.05, 0) is 11.5 Å². The van der Waals surface area contributed by atoms with Crippen LogP contribution in [0, 0.1) is 25.6 Å². The minimum absolute atomic E-state index is 0.0443. The van der Waals surface area contributed by atoms with Crippen molar-refractivity contribution in [2.45, 2.75) is 26.9 Å². The second-order valence-electron chi connectivity index (χ2n) is 5.80. The Morgan fingerprint density at radius 2 is 1.68 bits per heavy atom. The van der Waals surface area contributed by atoms with Crippen molar-refractivity contribution in [1.29, 1.82) is 0 Å². The number of nitro groups is 2. The van der Waals surface area contributed by atoms with Crippen molar-refractivity contribution in [3.05, 3.63) is 44.0 Å². The van der Waals surface area contributed by atoms with Crippen LogP contribution < -0.4 is 0 Å². The number of ether oxygens (including phenoxy) is 1. The first-order chi connectivity index (χ1) is 10.0. The van der Waals surface area contributed by atoms with Crippen LogP contribution in [0.1, 0.15) is 32.4 Å². The molecule has 0 aromatic heterocycles. The molecule has 0 amide bonds. The molecular formula is C13H16N2O7. The van der Waals surface area contributed by atoms with Gasteiger partial charge in [-0.25, -0.2) is 4.79 Å². The summed E-state index contributed by atoms with van der Waals surface area (Å²) >= 11 is 0. The lowest BCUT2D eigenvalue weighted by molar-refractivity contribution is -0.396. The van der Waals surface area contributed by atoms with E-state index in [1.54, 1.807) is 20.8 Å². The molecular weight excluding hydrogens is 296 g/mol. The highest BCUT2D eigenvalue weighted by Crippen LogP contribution is 2.34. The van der Waals surface area contributed by atoms with E-state index in [1.165, 1.54) is 0 Å². The Bertz CT molecular complexity index is 575. The topological polar surface area (TPSA) is 133 Å². The number of nitro benzene ring substituents is 2. The zero-order valence-corrected chi connectivity index (χ0v) is 12.3. The molecule has 0 spiro atoms. The van der Waals surface area contributed by atoms with Gasteiger partial charge in [-0.15, -0.1) is 0 Å². The third kappa shape index (κ3) is 4.22. The molecule has 0 radical (unpaired) electrons. The number of hydrogen-bond acceptors (Lipinski definition) is 7. The molecule has 9 nitrogen and oxygen atoms in total. The van der Waals surface area contributed by atoms with Crippen molar-refractivity contribution in [3.63, 3.8) is 0 Å². The van der Waals surface area contributed by atoms with Crippen LogP contribution in [0.25, 0.3) is 0 Å².